The summed E-state index contributed by atoms with van der Waals surface area (Å²) in [5.74, 6) is 0. The van der Waals surface area contributed by atoms with E-state index in [9.17, 15) is 0 Å². The van der Waals surface area contributed by atoms with Crippen LogP contribution in [0.3, 0.4) is 0 Å². The van der Waals surface area contributed by atoms with Gasteiger partial charge < -0.3 is 10.1 Å². The fourth-order valence-corrected chi connectivity index (χ4v) is 2.29. The van der Waals surface area contributed by atoms with Gasteiger partial charge >= 0.3 is 0 Å². The lowest BCUT2D eigenvalue weighted by atomic mass is 9.92. The van der Waals surface area contributed by atoms with Gasteiger partial charge in [-0.3, -0.25) is 0 Å². The molecule has 0 aliphatic carbocycles. The highest BCUT2D eigenvalue weighted by molar-refractivity contribution is 4.84. The van der Waals surface area contributed by atoms with E-state index in [1.54, 1.807) is 0 Å². The number of unbranched alkanes of at least 4 members (excludes halogenated alkanes) is 5. The molecule has 0 bridgehead atoms. The molecule has 2 nitrogen and oxygen atoms in total. The van der Waals surface area contributed by atoms with Gasteiger partial charge in [-0.25, -0.2) is 0 Å². The molecule has 0 unspecified atom stereocenters. The second kappa shape index (κ2) is 8.08. The minimum atomic E-state index is 0.349. The summed E-state index contributed by atoms with van der Waals surface area (Å²) in [5, 5.41) is 3.71. The van der Waals surface area contributed by atoms with Crippen molar-refractivity contribution in [3.8, 4) is 0 Å². The second-order valence-electron chi connectivity index (χ2n) is 5.37. The fraction of sp³-hybridized carbons (Fsp3) is 1.00. The van der Waals surface area contributed by atoms with Crippen LogP contribution in [0.1, 0.15) is 65.2 Å². The summed E-state index contributed by atoms with van der Waals surface area (Å²) in [6.07, 6.45) is 10.6. The smallest absolute Gasteiger partial charge is 0.0483 e. The number of nitrogens with one attached hydrogen (secondary N) is 1. The fourth-order valence-electron chi connectivity index (χ4n) is 2.29. The van der Waals surface area contributed by atoms with Crippen LogP contribution in [0, 0.1) is 0 Å². The highest BCUT2D eigenvalue weighted by Crippen LogP contribution is 2.19. The summed E-state index contributed by atoms with van der Waals surface area (Å²) in [4.78, 5) is 0. The van der Waals surface area contributed by atoms with E-state index in [0.29, 0.717) is 5.54 Å². The Balaban J connectivity index is 1.93. The summed E-state index contributed by atoms with van der Waals surface area (Å²) < 4.78 is 5.40. The second-order valence-corrected chi connectivity index (χ2v) is 5.37. The third-order valence-corrected chi connectivity index (χ3v) is 3.68. The van der Waals surface area contributed by atoms with Gasteiger partial charge in [-0.15, -0.1) is 0 Å². The molecule has 1 fully saturated rings. The van der Waals surface area contributed by atoms with Gasteiger partial charge in [0, 0.05) is 18.8 Å². The first kappa shape index (κ1) is 14.0. The van der Waals surface area contributed by atoms with Crippen LogP contribution >= 0.6 is 0 Å². The van der Waals surface area contributed by atoms with Crippen LogP contribution < -0.4 is 5.32 Å². The largest absolute Gasteiger partial charge is 0.381 e. The molecule has 0 amide bonds. The Bertz CT molecular complexity index is 164. The molecule has 1 heterocycles. The molecule has 16 heavy (non-hydrogen) atoms. The van der Waals surface area contributed by atoms with E-state index in [1.165, 1.54) is 57.9 Å². The maximum atomic E-state index is 5.40. The van der Waals surface area contributed by atoms with Crippen LogP contribution in [-0.2, 0) is 4.74 Å². The van der Waals surface area contributed by atoms with Crippen molar-refractivity contribution in [2.24, 2.45) is 0 Å². The first-order chi connectivity index (χ1) is 7.77. The van der Waals surface area contributed by atoms with E-state index < -0.39 is 0 Å². The normalized spacial score (nSPS) is 19.9. The van der Waals surface area contributed by atoms with Crippen molar-refractivity contribution in [2.75, 3.05) is 19.8 Å². The van der Waals surface area contributed by atoms with Crippen LogP contribution in [0.4, 0.5) is 0 Å². The van der Waals surface area contributed by atoms with E-state index in [0.717, 1.165) is 13.2 Å². The summed E-state index contributed by atoms with van der Waals surface area (Å²) >= 11 is 0. The van der Waals surface area contributed by atoms with Crippen molar-refractivity contribution in [3.05, 3.63) is 0 Å². The standard InChI is InChI=1S/C14H29NO/c1-3-4-5-6-7-8-11-15-14(2)9-12-16-13-10-14/h15H,3-13H2,1-2H3. The summed E-state index contributed by atoms with van der Waals surface area (Å²) in [6.45, 7) is 7.66. The SMILES string of the molecule is CCCCCCCCNC1(C)CCOCC1. The Kier molecular flexibility index (Phi) is 7.06. The van der Waals surface area contributed by atoms with Crippen LogP contribution in [0.5, 0.6) is 0 Å². The lowest BCUT2D eigenvalue weighted by Crippen LogP contribution is -2.47. The molecule has 0 spiro atoms. The van der Waals surface area contributed by atoms with Crippen molar-refractivity contribution in [1.29, 1.82) is 0 Å². The molecular weight excluding hydrogens is 198 g/mol. The highest BCUT2D eigenvalue weighted by atomic mass is 16.5. The van der Waals surface area contributed by atoms with Crippen molar-refractivity contribution >= 4 is 0 Å². The number of hydrogen-bond acceptors (Lipinski definition) is 2. The molecule has 0 aromatic carbocycles. The maximum Gasteiger partial charge on any atom is 0.0483 e. The lowest BCUT2D eigenvalue weighted by Gasteiger charge is -2.34. The quantitative estimate of drug-likeness (QED) is 0.641. The molecule has 1 aliphatic rings. The van der Waals surface area contributed by atoms with Gasteiger partial charge in [-0.1, -0.05) is 39.0 Å². The molecule has 1 rings (SSSR count). The topological polar surface area (TPSA) is 21.3 Å². The summed E-state index contributed by atoms with van der Waals surface area (Å²) in [6, 6.07) is 0. The van der Waals surface area contributed by atoms with Crippen LogP contribution in [0.2, 0.25) is 0 Å². The Morgan fingerprint density at radius 3 is 2.31 bits per heavy atom. The van der Waals surface area contributed by atoms with Gasteiger partial charge in [-0.2, -0.15) is 0 Å². The Morgan fingerprint density at radius 2 is 1.62 bits per heavy atom. The van der Waals surface area contributed by atoms with E-state index in [2.05, 4.69) is 19.2 Å². The molecule has 1 aliphatic heterocycles. The first-order valence-electron chi connectivity index (χ1n) is 7.10. The first-order valence-corrected chi connectivity index (χ1v) is 7.10. The van der Waals surface area contributed by atoms with Crippen LogP contribution in [0.25, 0.3) is 0 Å². The summed E-state index contributed by atoms with van der Waals surface area (Å²) in [5.41, 5.74) is 0.349. The van der Waals surface area contributed by atoms with E-state index in [-0.39, 0.29) is 0 Å². The zero-order chi connectivity index (χ0) is 11.7. The van der Waals surface area contributed by atoms with Gasteiger partial charge in [0.1, 0.15) is 0 Å². The molecule has 2 heteroatoms. The predicted molar refractivity (Wildman–Crippen MR) is 69.8 cm³/mol. The van der Waals surface area contributed by atoms with Gasteiger partial charge in [0.2, 0.25) is 0 Å². The Hall–Kier alpha value is -0.0800. The van der Waals surface area contributed by atoms with Gasteiger partial charge in [0.05, 0.1) is 0 Å². The molecule has 0 radical (unpaired) electrons. The van der Waals surface area contributed by atoms with E-state index >= 15 is 0 Å². The average Bonchev–Trinajstić information content (AvgIpc) is 2.29. The third-order valence-electron chi connectivity index (χ3n) is 3.68. The Morgan fingerprint density at radius 1 is 1.00 bits per heavy atom. The zero-order valence-electron chi connectivity index (χ0n) is 11.2. The molecule has 1 N–H and O–H groups in total. The number of hydrogen-bond donors (Lipinski definition) is 1. The van der Waals surface area contributed by atoms with Crippen LogP contribution in [-0.4, -0.2) is 25.3 Å². The Labute approximate surface area is 101 Å². The van der Waals surface area contributed by atoms with Crippen molar-refractivity contribution < 1.29 is 4.74 Å². The maximum absolute atomic E-state index is 5.40. The minimum Gasteiger partial charge on any atom is -0.381 e. The zero-order valence-corrected chi connectivity index (χ0v) is 11.2. The van der Waals surface area contributed by atoms with E-state index in [1.807, 2.05) is 0 Å². The number of rotatable bonds is 8. The molecular formula is C14H29NO. The molecule has 0 atom stereocenters. The molecule has 0 saturated carbocycles. The molecule has 0 aromatic heterocycles. The van der Waals surface area contributed by atoms with E-state index in [4.69, 9.17) is 4.74 Å². The monoisotopic (exact) mass is 227 g/mol. The highest BCUT2D eigenvalue weighted by Gasteiger charge is 2.25. The third kappa shape index (κ3) is 5.86. The van der Waals surface area contributed by atoms with Crippen LogP contribution in [0.15, 0.2) is 0 Å². The summed E-state index contributed by atoms with van der Waals surface area (Å²) in [7, 11) is 0. The van der Waals surface area contributed by atoms with Gasteiger partial charge in [0.15, 0.2) is 0 Å². The van der Waals surface area contributed by atoms with Crippen molar-refractivity contribution in [1.82, 2.24) is 5.32 Å². The molecule has 0 aromatic rings. The van der Waals surface area contributed by atoms with Crippen molar-refractivity contribution in [2.45, 2.75) is 70.8 Å². The number of ether oxygens (including phenoxy) is 1. The average molecular weight is 227 g/mol. The molecule has 1 saturated heterocycles. The molecule has 96 valence electrons. The van der Waals surface area contributed by atoms with Gasteiger partial charge in [-0.05, 0) is 32.7 Å². The minimum absolute atomic E-state index is 0.349. The predicted octanol–water partition coefficient (Wildman–Crippen LogP) is 3.51. The lowest BCUT2D eigenvalue weighted by molar-refractivity contribution is 0.0453. The van der Waals surface area contributed by atoms with Gasteiger partial charge in [0.25, 0.3) is 0 Å². The van der Waals surface area contributed by atoms with Crippen molar-refractivity contribution in [3.63, 3.8) is 0 Å².